The largest absolute Gasteiger partial charge is 0.497 e. The molecule has 0 aliphatic heterocycles. The minimum Gasteiger partial charge on any atom is -0.497 e. The van der Waals surface area contributed by atoms with Gasteiger partial charge in [-0.3, -0.25) is 0 Å². The zero-order valence-corrected chi connectivity index (χ0v) is 14.7. The SMILES string of the molecule is CCCCC(CCCC)(N=C=O)c1cc(OC)ccc1Br. The fourth-order valence-corrected chi connectivity index (χ4v) is 3.20. The van der Waals surface area contributed by atoms with Crippen LogP contribution in [0.4, 0.5) is 0 Å². The molecule has 0 spiro atoms. The Bertz CT molecular complexity index is 488. The lowest BCUT2D eigenvalue weighted by atomic mass is 9.81. The number of halogens is 1. The average molecular weight is 354 g/mol. The van der Waals surface area contributed by atoms with Crippen LogP contribution in [-0.4, -0.2) is 13.2 Å². The van der Waals surface area contributed by atoms with Gasteiger partial charge in [-0.15, -0.1) is 0 Å². The van der Waals surface area contributed by atoms with Gasteiger partial charge >= 0.3 is 0 Å². The maximum absolute atomic E-state index is 11.0. The standard InChI is InChI=1S/C17H24BrNO2/c1-4-6-10-17(19-13-20,11-7-5-2)15-12-14(21-3)8-9-16(15)18/h8-9,12H,4-7,10-11H2,1-3H3. The molecule has 0 saturated carbocycles. The fourth-order valence-electron chi connectivity index (χ4n) is 2.58. The van der Waals surface area contributed by atoms with E-state index in [1.165, 1.54) is 0 Å². The molecule has 21 heavy (non-hydrogen) atoms. The molecule has 0 amide bonds. The summed E-state index contributed by atoms with van der Waals surface area (Å²) in [7, 11) is 1.65. The van der Waals surface area contributed by atoms with Crippen molar-refractivity contribution in [2.24, 2.45) is 4.99 Å². The topological polar surface area (TPSA) is 38.7 Å². The molecule has 0 N–H and O–H groups in total. The van der Waals surface area contributed by atoms with Crippen LogP contribution in [0, 0.1) is 0 Å². The average Bonchev–Trinajstić information content (AvgIpc) is 2.51. The van der Waals surface area contributed by atoms with Crippen molar-refractivity contribution in [1.29, 1.82) is 0 Å². The van der Waals surface area contributed by atoms with Gasteiger partial charge in [-0.25, -0.2) is 4.79 Å². The third kappa shape index (κ3) is 4.69. The second kappa shape index (κ2) is 9.01. The van der Waals surface area contributed by atoms with Crippen LogP contribution in [0.15, 0.2) is 27.7 Å². The number of carbonyl (C=O) groups excluding carboxylic acids is 1. The summed E-state index contributed by atoms with van der Waals surface area (Å²) in [6, 6.07) is 5.85. The van der Waals surface area contributed by atoms with Gasteiger partial charge in [0.2, 0.25) is 6.08 Å². The third-order valence-corrected chi connectivity index (χ3v) is 4.51. The first kappa shape index (κ1) is 17.9. The Morgan fingerprint density at radius 1 is 1.24 bits per heavy atom. The normalized spacial score (nSPS) is 11.0. The summed E-state index contributed by atoms with van der Waals surface area (Å²) in [6.07, 6.45) is 7.71. The summed E-state index contributed by atoms with van der Waals surface area (Å²) in [6.45, 7) is 4.30. The first-order valence-corrected chi connectivity index (χ1v) is 8.36. The number of methoxy groups -OCH3 is 1. The summed E-state index contributed by atoms with van der Waals surface area (Å²) in [4.78, 5) is 15.3. The molecular formula is C17H24BrNO2. The van der Waals surface area contributed by atoms with Crippen LogP contribution in [0.5, 0.6) is 5.75 Å². The highest BCUT2D eigenvalue weighted by Crippen LogP contribution is 2.41. The Hall–Kier alpha value is -1.12. The number of rotatable bonds is 9. The zero-order chi connectivity index (χ0) is 15.7. The molecule has 4 heteroatoms. The molecule has 3 nitrogen and oxygen atoms in total. The van der Waals surface area contributed by atoms with E-state index in [1.54, 1.807) is 13.2 Å². The van der Waals surface area contributed by atoms with Crippen molar-refractivity contribution in [3.05, 3.63) is 28.2 Å². The number of benzene rings is 1. The number of isocyanates is 1. The second-order valence-electron chi connectivity index (χ2n) is 5.29. The summed E-state index contributed by atoms with van der Waals surface area (Å²) in [5.74, 6) is 0.784. The van der Waals surface area contributed by atoms with Crippen LogP contribution in [0.2, 0.25) is 0 Å². The highest BCUT2D eigenvalue weighted by atomic mass is 79.9. The smallest absolute Gasteiger partial charge is 0.235 e. The van der Waals surface area contributed by atoms with Gasteiger partial charge in [0.25, 0.3) is 0 Å². The lowest BCUT2D eigenvalue weighted by Crippen LogP contribution is -2.24. The van der Waals surface area contributed by atoms with E-state index in [9.17, 15) is 4.79 Å². The number of hydrogen-bond donors (Lipinski definition) is 0. The van der Waals surface area contributed by atoms with E-state index >= 15 is 0 Å². The predicted octanol–water partition coefficient (Wildman–Crippen LogP) is 5.37. The van der Waals surface area contributed by atoms with Gasteiger partial charge in [0.05, 0.1) is 12.6 Å². The monoisotopic (exact) mass is 353 g/mol. The van der Waals surface area contributed by atoms with Crippen molar-refractivity contribution >= 4 is 22.0 Å². The van der Waals surface area contributed by atoms with Crippen LogP contribution in [0.1, 0.15) is 57.9 Å². The molecule has 0 bridgehead atoms. The van der Waals surface area contributed by atoms with Gasteiger partial charge in [0.15, 0.2) is 0 Å². The van der Waals surface area contributed by atoms with Crippen LogP contribution in [0.25, 0.3) is 0 Å². The first-order chi connectivity index (χ1) is 10.1. The Morgan fingerprint density at radius 3 is 2.33 bits per heavy atom. The van der Waals surface area contributed by atoms with E-state index in [0.717, 1.165) is 54.3 Å². The zero-order valence-electron chi connectivity index (χ0n) is 13.1. The summed E-state index contributed by atoms with van der Waals surface area (Å²) in [5.41, 5.74) is 0.522. The van der Waals surface area contributed by atoms with Crippen LogP contribution in [0.3, 0.4) is 0 Å². The molecule has 0 fully saturated rings. The summed E-state index contributed by atoms with van der Waals surface area (Å²) >= 11 is 3.60. The van der Waals surface area contributed by atoms with E-state index in [1.807, 2.05) is 18.2 Å². The molecule has 0 aliphatic rings. The van der Waals surface area contributed by atoms with Gasteiger partial charge in [0.1, 0.15) is 5.75 Å². The lowest BCUT2D eigenvalue weighted by Gasteiger charge is -2.30. The van der Waals surface area contributed by atoms with Crippen molar-refractivity contribution in [2.45, 2.75) is 57.9 Å². The van der Waals surface area contributed by atoms with E-state index in [2.05, 4.69) is 34.8 Å². The Morgan fingerprint density at radius 2 is 1.86 bits per heavy atom. The summed E-state index contributed by atoms with van der Waals surface area (Å²) < 4.78 is 6.30. The molecule has 1 aromatic carbocycles. The molecule has 0 unspecified atom stereocenters. The lowest BCUT2D eigenvalue weighted by molar-refractivity contribution is 0.349. The van der Waals surface area contributed by atoms with Gasteiger partial charge in [0, 0.05) is 4.47 Å². The molecular weight excluding hydrogens is 330 g/mol. The van der Waals surface area contributed by atoms with E-state index in [4.69, 9.17) is 4.74 Å². The van der Waals surface area contributed by atoms with Gasteiger partial charge in [-0.1, -0.05) is 55.5 Å². The molecule has 1 rings (SSSR count). The van der Waals surface area contributed by atoms with Crippen molar-refractivity contribution in [3.63, 3.8) is 0 Å². The van der Waals surface area contributed by atoms with Crippen molar-refractivity contribution in [3.8, 4) is 5.75 Å². The molecule has 1 aromatic rings. The molecule has 0 aromatic heterocycles. The molecule has 0 aliphatic carbocycles. The van der Waals surface area contributed by atoms with Crippen molar-refractivity contribution in [2.75, 3.05) is 7.11 Å². The minimum absolute atomic E-state index is 0.499. The maximum Gasteiger partial charge on any atom is 0.235 e. The van der Waals surface area contributed by atoms with E-state index < -0.39 is 5.54 Å². The van der Waals surface area contributed by atoms with Crippen molar-refractivity contribution < 1.29 is 9.53 Å². The van der Waals surface area contributed by atoms with Gasteiger partial charge < -0.3 is 4.74 Å². The number of nitrogens with zero attached hydrogens (tertiary/aromatic N) is 1. The van der Waals surface area contributed by atoms with E-state index in [-0.39, 0.29) is 0 Å². The first-order valence-electron chi connectivity index (χ1n) is 7.56. The minimum atomic E-state index is -0.499. The number of unbranched alkanes of at least 4 members (excludes halogenated alkanes) is 2. The van der Waals surface area contributed by atoms with Crippen LogP contribution < -0.4 is 4.74 Å². The molecule has 0 saturated heterocycles. The molecule has 0 radical (unpaired) electrons. The Kier molecular flexibility index (Phi) is 7.69. The quantitative estimate of drug-likeness (QED) is 0.442. The number of aliphatic imine (C=N–C) groups is 1. The third-order valence-electron chi connectivity index (χ3n) is 3.82. The highest BCUT2D eigenvalue weighted by molar-refractivity contribution is 9.10. The Labute approximate surface area is 135 Å². The molecule has 0 atom stereocenters. The fraction of sp³-hybridized carbons (Fsp3) is 0.588. The number of hydrogen-bond acceptors (Lipinski definition) is 3. The van der Waals surface area contributed by atoms with Crippen LogP contribution in [-0.2, 0) is 10.3 Å². The van der Waals surface area contributed by atoms with Crippen LogP contribution >= 0.6 is 15.9 Å². The summed E-state index contributed by atoms with van der Waals surface area (Å²) in [5, 5.41) is 0. The van der Waals surface area contributed by atoms with E-state index in [0.29, 0.717) is 0 Å². The van der Waals surface area contributed by atoms with Crippen molar-refractivity contribution in [1.82, 2.24) is 0 Å². The highest BCUT2D eigenvalue weighted by Gasteiger charge is 2.33. The maximum atomic E-state index is 11.0. The molecule has 116 valence electrons. The Balaban J connectivity index is 3.34. The number of ether oxygens (including phenoxy) is 1. The molecule has 0 heterocycles. The second-order valence-corrected chi connectivity index (χ2v) is 6.14. The predicted molar refractivity (Wildman–Crippen MR) is 89.5 cm³/mol. The van der Waals surface area contributed by atoms with Gasteiger partial charge in [-0.05, 0) is 36.6 Å². The van der Waals surface area contributed by atoms with Gasteiger partial charge in [-0.2, -0.15) is 4.99 Å².